The van der Waals surface area contributed by atoms with E-state index in [0.717, 1.165) is 29.0 Å². The van der Waals surface area contributed by atoms with Gasteiger partial charge in [0.2, 0.25) is 5.43 Å². The Bertz CT molecular complexity index is 1470. The van der Waals surface area contributed by atoms with Gasteiger partial charge in [-0.05, 0) is 29.2 Å². The summed E-state index contributed by atoms with van der Waals surface area (Å²) < 4.78 is 76.6. The van der Waals surface area contributed by atoms with Crippen molar-refractivity contribution in [1.29, 1.82) is 0 Å². The number of hydrogen-bond donors (Lipinski definition) is 2. The van der Waals surface area contributed by atoms with E-state index in [1.54, 1.807) is 0 Å². The van der Waals surface area contributed by atoms with Crippen LogP contribution in [0.25, 0.3) is 10.9 Å². The molecule has 1 heterocycles. The normalized spacial score (nSPS) is 17.0. The molecule has 0 amide bonds. The Kier molecular flexibility index (Phi) is 4.39. The van der Waals surface area contributed by atoms with Gasteiger partial charge in [0.05, 0.1) is 37.0 Å². The van der Waals surface area contributed by atoms with Crippen molar-refractivity contribution in [1.82, 2.24) is 4.57 Å². The van der Waals surface area contributed by atoms with Crippen molar-refractivity contribution in [3.63, 3.8) is 0 Å². The van der Waals surface area contributed by atoms with Gasteiger partial charge in [-0.2, -0.15) is 0 Å². The molecule has 0 aliphatic rings. The van der Waals surface area contributed by atoms with E-state index in [4.69, 9.17) is 25.9 Å². The molecule has 1 aromatic heterocycles. The maximum Gasteiger partial charge on any atom is 0.341 e. The maximum absolute atomic E-state index is 14.9. The monoisotopic (exact) mass is 454 g/mol. The molecule has 0 fully saturated rings. The topological polar surface area (TPSA) is 88.8 Å². The van der Waals surface area contributed by atoms with Crippen molar-refractivity contribution in [2.24, 2.45) is 5.92 Å². The van der Waals surface area contributed by atoms with E-state index < -0.39 is 82.0 Å². The Hall–Kier alpha value is -2.90. The summed E-state index contributed by atoms with van der Waals surface area (Å²) in [4.78, 5) is 25.1. The molecular weight excluding hydrogens is 425 g/mol. The second kappa shape index (κ2) is 9.08. The highest BCUT2D eigenvalue weighted by Crippen LogP contribution is 2.31. The Morgan fingerprint density at radius 2 is 2.10 bits per heavy atom. The zero-order valence-electron chi connectivity index (χ0n) is 23.4. The molecule has 0 radical (unpaired) electrons. The van der Waals surface area contributed by atoms with Gasteiger partial charge in [0.15, 0.2) is 0 Å². The van der Waals surface area contributed by atoms with Crippen molar-refractivity contribution in [2.75, 3.05) is 13.6 Å². The van der Waals surface area contributed by atoms with E-state index in [1.807, 2.05) is 0 Å². The van der Waals surface area contributed by atoms with E-state index >= 15 is 0 Å². The van der Waals surface area contributed by atoms with Gasteiger partial charge in [0.25, 0.3) is 0 Å². The fourth-order valence-corrected chi connectivity index (χ4v) is 3.39. The lowest BCUT2D eigenvalue weighted by Gasteiger charge is -2.25. The molecule has 0 unspecified atom stereocenters. The largest absolute Gasteiger partial charge is 0.496 e. The molecule has 3 aromatic rings. The minimum absolute atomic E-state index is 0.248. The fourth-order valence-electron chi connectivity index (χ4n) is 3.22. The van der Waals surface area contributed by atoms with Crippen LogP contribution in [-0.4, -0.2) is 34.3 Å². The summed E-state index contributed by atoms with van der Waals surface area (Å²) in [5.74, 6) is -4.16. The Morgan fingerprint density at radius 3 is 2.71 bits per heavy atom. The molecule has 3 rings (SSSR count). The third-order valence-corrected chi connectivity index (χ3v) is 5.05. The highest BCUT2D eigenvalue weighted by molar-refractivity contribution is 6.30. The van der Waals surface area contributed by atoms with Crippen LogP contribution in [0, 0.1) is 11.7 Å². The molecule has 164 valence electrons. The molecule has 0 bridgehead atoms. The lowest BCUT2D eigenvalue weighted by Crippen LogP contribution is -2.25. The van der Waals surface area contributed by atoms with Crippen molar-refractivity contribution in [2.45, 2.75) is 26.3 Å². The molecule has 2 N–H and O–H groups in total. The summed E-state index contributed by atoms with van der Waals surface area (Å²) in [5.41, 5.74) is -3.41. The standard InChI is InChI=1S/C23H23ClFNO5/c1-12(2)19(11-27)26-10-16(23(29)30)22(28)15-8-14(20(31-3)9-18(15)26)7-13-5-4-6-17(24)21(13)25/h4-6,8-10,12,19,27H,7,11H2,1-3H3,(H,29,30)/t19-/m1/s1/i3D3,7D2,11D2. The summed E-state index contributed by atoms with van der Waals surface area (Å²) in [7, 11) is -3.14. The first-order chi connectivity index (χ1) is 17.3. The minimum atomic E-state index is -3.14. The SMILES string of the molecule is [2H]C([2H])([2H])Oc1cc2c(cc1C([2H])([2H])c1cccc(Cl)c1F)c(=O)c(C(=O)O)cn2[C@@H](C(C)C)C([2H])([2H])O. The van der Waals surface area contributed by atoms with Crippen LogP contribution in [0.15, 0.2) is 41.3 Å². The quantitative estimate of drug-likeness (QED) is 0.556. The van der Waals surface area contributed by atoms with Crippen LogP contribution in [0.5, 0.6) is 5.75 Å². The van der Waals surface area contributed by atoms with Gasteiger partial charge in [-0.25, -0.2) is 9.18 Å². The smallest absolute Gasteiger partial charge is 0.341 e. The van der Waals surface area contributed by atoms with E-state index in [0.29, 0.717) is 0 Å². The van der Waals surface area contributed by atoms with Gasteiger partial charge >= 0.3 is 5.97 Å². The third kappa shape index (κ3) is 4.29. The highest BCUT2D eigenvalue weighted by Gasteiger charge is 2.23. The number of carbonyl (C=O) groups is 1. The van der Waals surface area contributed by atoms with E-state index in [-0.39, 0.29) is 5.52 Å². The van der Waals surface area contributed by atoms with Gasteiger partial charge in [-0.3, -0.25) is 4.79 Å². The first-order valence-electron chi connectivity index (χ1n) is 12.6. The van der Waals surface area contributed by atoms with Gasteiger partial charge in [-0.15, -0.1) is 0 Å². The van der Waals surface area contributed by atoms with Gasteiger partial charge in [0, 0.05) is 26.8 Å². The molecule has 0 saturated heterocycles. The number of benzene rings is 2. The molecule has 31 heavy (non-hydrogen) atoms. The number of carboxylic acid groups (broad SMARTS) is 1. The highest BCUT2D eigenvalue weighted by atomic mass is 35.5. The minimum Gasteiger partial charge on any atom is -0.496 e. The van der Waals surface area contributed by atoms with Crippen molar-refractivity contribution in [3.05, 3.63) is 74.3 Å². The van der Waals surface area contributed by atoms with Crippen LogP contribution in [0.2, 0.25) is 5.02 Å². The summed E-state index contributed by atoms with van der Waals surface area (Å²) >= 11 is 5.82. The van der Waals surface area contributed by atoms with E-state index in [1.165, 1.54) is 26.0 Å². The molecule has 2 aromatic carbocycles. The molecule has 6 nitrogen and oxygen atoms in total. The van der Waals surface area contributed by atoms with Crippen LogP contribution in [0.1, 0.15) is 51.0 Å². The van der Waals surface area contributed by atoms with Gasteiger partial charge in [0.1, 0.15) is 17.1 Å². The van der Waals surface area contributed by atoms with Crippen molar-refractivity contribution < 1.29 is 33.7 Å². The van der Waals surface area contributed by atoms with Gasteiger partial charge in [-0.1, -0.05) is 37.6 Å². The molecule has 1 atom stereocenters. The fraction of sp³-hybridized carbons (Fsp3) is 0.304. The molecule has 0 aliphatic carbocycles. The van der Waals surface area contributed by atoms with E-state index in [2.05, 4.69) is 0 Å². The second-order valence-electron chi connectivity index (χ2n) is 7.10. The van der Waals surface area contributed by atoms with Crippen LogP contribution < -0.4 is 10.2 Å². The number of rotatable bonds is 7. The Labute approximate surface area is 193 Å². The van der Waals surface area contributed by atoms with Crippen LogP contribution in [-0.2, 0) is 6.37 Å². The number of halogens is 2. The zero-order chi connectivity index (χ0) is 29.0. The Balaban J connectivity index is 2.55. The summed E-state index contributed by atoms with van der Waals surface area (Å²) in [5, 5.41) is 19.0. The predicted octanol–water partition coefficient (Wildman–Crippen LogP) is 4.28. The number of aromatic carboxylic acids is 1. The zero-order valence-corrected chi connectivity index (χ0v) is 17.2. The summed E-state index contributed by atoms with van der Waals surface area (Å²) in [6.07, 6.45) is -2.03. The number of pyridine rings is 1. The molecular formula is C23H23ClFNO5. The lowest BCUT2D eigenvalue weighted by molar-refractivity contribution is 0.0694. The van der Waals surface area contributed by atoms with Crippen molar-refractivity contribution in [3.8, 4) is 5.75 Å². The second-order valence-corrected chi connectivity index (χ2v) is 7.50. The number of aliphatic hydroxyl groups is 1. The average molecular weight is 455 g/mol. The summed E-state index contributed by atoms with van der Waals surface area (Å²) in [6.45, 7) is 0.115. The molecule has 0 saturated carbocycles. The lowest BCUT2D eigenvalue weighted by atomic mass is 9.98. The van der Waals surface area contributed by atoms with Gasteiger partial charge < -0.3 is 19.5 Å². The first kappa shape index (κ1) is 15.0. The molecule has 0 aliphatic heterocycles. The predicted molar refractivity (Wildman–Crippen MR) is 117 cm³/mol. The van der Waals surface area contributed by atoms with Crippen LogP contribution in [0.3, 0.4) is 0 Å². The maximum atomic E-state index is 14.9. The third-order valence-electron chi connectivity index (χ3n) is 4.76. The number of nitrogens with zero attached hydrogens (tertiary/aromatic N) is 1. The van der Waals surface area contributed by atoms with Crippen LogP contribution >= 0.6 is 11.6 Å². The number of hydrogen-bond acceptors (Lipinski definition) is 4. The number of fused-ring (bicyclic) bond motifs is 1. The number of carboxylic acids is 1. The molecule has 8 heteroatoms. The van der Waals surface area contributed by atoms with E-state index in [9.17, 15) is 24.2 Å². The summed E-state index contributed by atoms with van der Waals surface area (Å²) in [6, 6.07) is 3.78. The number of aromatic nitrogens is 1. The number of ether oxygens (including phenoxy) is 1. The number of methoxy groups -OCH3 is 1. The average Bonchev–Trinajstić information content (AvgIpc) is 2.74. The molecule has 0 spiro atoms. The Morgan fingerprint density at radius 1 is 1.35 bits per heavy atom. The van der Waals surface area contributed by atoms with Crippen molar-refractivity contribution >= 4 is 28.5 Å². The first-order valence-corrected chi connectivity index (χ1v) is 9.47. The van der Waals surface area contributed by atoms with Crippen LogP contribution in [0.4, 0.5) is 4.39 Å².